The molecule has 0 heterocycles. The summed E-state index contributed by atoms with van der Waals surface area (Å²) in [5.41, 5.74) is 1.10. The van der Waals surface area contributed by atoms with Gasteiger partial charge in [-0.25, -0.2) is 0 Å². The summed E-state index contributed by atoms with van der Waals surface area (Å²) in [6, 6.07) is 0. The Balaban J connectivity index is 3.85. The topological polar surface area (TPSA) is 9.23 Å². The van der Waals surface area contributed by atoms with E-state index in [-0.39, 0.29) is 0 Å². The van der Waals surface area contributed by atoms with Gasteiger partial charge in [0.1, 0.15) is 0 Å². The fraction of sp³-hybridized carbons (Fsp3) is 0.667. The lowest BCUT2D eigenvalue weighted by molar-refractivity contribution is 0.266. The molecule has 0 amide bonds. The summed E-state index contributed by atoms with van der Waals surface area (Å²) in [5.74, 6) is 6.27. The fourth-order valence-corrected chi connectivity index (χ4v) is 0.826. The first kappa shape index (κ1) is 12.1. The normalized spacial score (nSPS) is 10.5. The van der Waals surface area contributed by atoms with Crippen LogP contribution in [-0.2, 0) is 4.74 Å². The SMILES string of the molecule is CCCCC#C/C(=C\OCC)CC. The summed E-state index contributed by atoms with van der Waals surface area (Å²) in [5, 5.41) is 0. The number of hydrogen-bond acceptors (Lipinski definition) is 1. The molecule has 1 heteroatoms. The molecule has 0 unspecified atom stereocenters. The van der Waals surface area contributed by atoms with Gasteiger partial charge in [-0.05, 0) is 19.8 Å². The highest BCUT2D eigenvalue weighted by molar-refractivity contribution is 5.26. The summed E-state index contributed by atoms with van der Waals surface area (Å²) in [6.07, 6.45) is 6.14. The van der Waals surface area contributed by atoms with Crippen molar-refractivity contribution in [1.29, 1.82) is 0 Å². The van der Waals surface area contributed by atoms with E-state index in [1.54, 1.807) is 6.26 Å². The van der Waals surface area contributed by atoms with Gasteiger partial charge in [0, 0.05) is 12.0 Å². The molecule has 0 spiro atoms. The molecule has 0 aromatic carbocycles. The van der Waals surface area contributed by atoms with Crippen molar-refractivity contribution >= 4 is 0 Å². The summed E-state index contributed by atoms with van der Waals surface area (Å²) < 4.78 is 5.18. The molecule has 0 atom stereocenters. The van der Waals surface area contributed by atoms with Crippen LogP contribution in [0.15, 0.2) is 11.8 Å². The number of unbranched alkanes of at least 4 members (excludes halogenated alkanes) is 2. The molecule has 0 bridgehead atoms. The largest absolute Gasteiger partial charge is 0.501 e. The molecule has 0 radical (unpaired) electrons. The van der Waals surface area contributed by atoms with Crippen LogP contribution in [0.2, 0.25) is 0 Å². The van der Waals surface area contributed by atoms with Crippen molar-refractivity contribution in [3.63, 3.8) is 0 Å². The molecule has 13 heavy (non-hydrogen) atoms. The lowest BCUT2D eigenvalue weighted by atomic mass is 10.2. The van der Waals surface area contributed by atoms with Crippen molar-refractivity contribution in [3.05, 3.63) is 11.8 Å². The Labute approximate surface area is 82.2 Å². The predicted octanol–water partition coefficient (Wildman–Crippen LogP) is 3.51. The molecule has 1 nitrogen and oxygen atoms in total. The maximum absolute atomic E-state index is 5.18. The van der Waals surface area contributed by atoms with E-state index in [4.69, 9.17) is 4.74 Å². The van der Waals surface area contributed by atoms with Crippen molar-refractivity contribution < 1.29 is 4.74 Å². The molecule has 0 rings (SSSR count). The molecule has 0 aromatic rings. The Morgan fingerprint density at radius 2 is 2.08 bits per heavy atom. The Morgan fingerprint density at radius 1 is 1.31 bits per heavy atom. The molecule has 0 aromatic heterocycles. The first-order valence-corrected chi connectivity index (χ1v) is 5.14. The lowest BCUT2D eigenvalue weighted by Gasteiger charge is -1.95. The van der Waals surface area contributed by atoms with Crippen LogP contribution in [0.5, 0.6) is 0 Å². The second-order valence-electron chi connectivity index (χ2n) is 2.86. The first-order chi connectivity index (χ1) is 6.35. The van der Waals surface area contributed by atoms with Gasteiger partial charge in [-0.3, -0.25) is 0 Å². The predicted molar refractivity (Wildman–Crippen MR) is 57.3 cm³/mol. The molecule has 0 saturated heterocycles. The van der Waals surface area contributed by atoms with Crippen molar-refractivity contribution in [1.82, 2.24) is 0 Å². The Kier molecular flexibility index (Phi) is 8.55. The third kappa shape index (κ3) is 7.46. The van der Waals surface area contributed by atoms with Crippen LogP contribution in [0.3, 0.4) is 0 Å². The van der Waals surface area contributed by atoms with Crippen LogP contribution in [0, 0.1) is 11.8 Å². The molecule has 0 aliphatic rings. The summed E-state index contributed by atoms with van der Waals surface area (Å²) >= 11 is 0. The van der Waals surface area contributed by atoms with Gasteiger partial charge in [0.15, 0.2) is 0 Å². The maximum atomic E-state index is 5.18. The highest BCUT2D eigenvalue weighted by atomic mass is 16.5. The zero-order valence-electron chi connectivity index (χ0n) is 9.02. The fourth-order valence-electron chi connectivity index (χ4n) is 0.826. The third-order valence-corrected chi connectivity index (χ3v) is 1.68. The van der Waals surface area contributed by atoms with Crippen molar-refractivity contribution in [2.75, 3.05) is 6.61 Å². The van der Waals surface area contributed by atoms with Gasteiger partial charge < -0.3 is 4.74 Å². The van der Waals surface area contributed by atoms with E-state index in [9.17, 15) is 0 Å². The number of hydrogen-bond donors (Lipinski definition) is 0. The molecule has 0 saturated carbocycles. The van der Waals surface area contributed by atoms with Crippen LogP contribution in [0.4, 0.5) is 0 Å². The zero-order valence-corrected chi connectivity index (χ0v) is 9.02. The average Bonchev–Trinajstić information content (AvgIpc) is 2.17. The minimum Gasteiger partial charge on any atom is -0.501 e. The number of ether oxygens (including phenoxy) is 1. The van der Waals surface area contributed by atoms with Crippen LogP contribution in [0.1, 0.15) is 46.5 Å². The van der Waals surface area contributed by atoms with Gasteiger partial charge in [0.25, 0.3) is 0 Å². The van der Waals surface area contributed by atoms with Crippen LogP contribution >= 0.6 is 0 Å². The van der Waals surface area contributed by atoms with Gasteiger partial charge in [-0.15, -0.1) is 0 Å². The zero-order chi connectivity index (χ0) is 9.94. The molecular formula is C12H20O. The van der Waals surface area contributed by atoms with E-state index in [1.165, 1.54) is 12.8 Å². The minimum absolute atomic E-state index is 0.722. The molecule has 0 N–H and O–H groups in total. The highest BCUT2D eigenvalue weighted by Gasteiger charge is 1.86. The van der Waals surface area contributed by atoms with E-state index in [1.807, 2.05) is 6.92 Å². The summed E-state index contributed by atoms with van der Waals surface area (Å²) in [4.78, 5) is 0. The Bertz CT molecular complexity index is 193. The van der Waals surface area contributed by atoms with E-state index in [0.717, 1.165) is 25.0 Å². The van der Waals surface area contributed by atoms with Gasteiger partial charge >= 0.3 is 0 Å². The average molecular weight is 180 g/mol. The van der Waals surface area contributed by atoms with Crippen LogP contribution < -0.4 is 0 Å². The molecule has 74 valence electrons. The Morgan fingerprint density at radius 3 is 2.62 bits per heavy atom. The molecular weight excluding hydrogens is 160 g/mol. The summed E-state index contributed by atoms with van der Waals surface area (Å²) in [7, 11) is 0. The highest BCUT2D eigenvalue weighted by Crippen LogP contribution is 1.99. The Hall–Kier alpha value is -0.900. The second-order valence-corrected chi connectivity index (χ2v) is 2.86. The quantitative estimate of drug-likeness (QED) is 0.357. The van der Waals surface area contributed by atoms with E-state index in [0.29, 0.717) is 0 Å². The van der Waals surface area contributed by atoms with E-state index in [2.05, 4.69) is 25.7 Å². The van der Waals surface area contributed by atoms with E-state index >= 15 is 0 Å². The minimum atomic E-state index is 0.722. The molecule has 0 fully saturated rings. The van der Waals surface area contributed by atoms with Crippen LogP contribution in [0.25, 0.3) is 0 Å². The van der Waals surface area contributed by atoms with Gasteiger partial charge in [0.2, 0.25) is 0 Å². The van der Waals surface area contributed by atoms with Crippen molar-refractivity contribution in [2.24, 2.45) is 0 Å². The van der Waals surface area contributed by atoms with Gasteiger partial charge in [-0.1, -0.05) is 32.1 Å². The van der Waals surface area contributed by atoms with Crippen molar-refractivity contribution in [3.8, 4) is 11.8 Å². The first-order valence-electron chi connectivity index (χ1n) is 5.14. The number of allylic oxidation sites excluding steroid dienone is 1. The van der Waals surface area contributed by atoms with E-state index < -0.39 is 0 Å². The van der Waals surface area contributed by atoms with Crippen LogP contribution in [-0.4, -0.2) is 6.61 Å². The molecule has 0 aliphatic heterocycles. The second kappa shape index (κ2) is 9.19. The summed E-state index contributed by atoms with van der Waals surface area (Å²) in [6.45, 7) is 6.98. The lowest BCUT2D eigenvalue weighted by Crippen LogP contribution is -1.82. The third-order valence-electron chi connectivity index (χ3n) is 1.68. The standard InChI is InChI=1S/C12H20O/c1-4-7-8-9-10-12(5-2)11-13-6-3/h11H,4-8H2,1-3H3/b12-11-. The van der Waals surface area contributed by atoms with Gasteiger partial charge in [0.05, 0.1) is 12.9 Å². The van der Waals surface area contributed by atoms with Gasteiger partial charge in [-0.2, -0.15) is 0 Å². The number of rotatable bonds is 5. The molecule has 0 aliphatic carbocycles. The smallest absolute Gasteiger partial charge is 0.0944 e. The monoisotopic (exact) mass is 180 g/mol. The van der Waals surface area contributed by atoms with Crippen molar-refractivity contribution in [2.45, 2.75) is 46.5 Å². The maximum Gasteiger partial charge on any atom is 0.0944 e.